The first kappa shape index (κ1) is 21.8. The molecule has 2 heterocycles. The molecule has 33 heavy (non-hydrogen) atoms. The molecule has 1 unspecified atom stereocenters. The van der Waals surface area contributed by atoms with Crippen molar-refractivity contribution >= 4 is 40.2 Å². The number of hydrogen-bond acceptors (Lipinski definition) is 4. The number of rotatable bonds is 8. The Balaban J connectivity index is 1.25. The van der Waals surface area contributed by atoms with Crippen LogP contribution in [-0.2, 0) is 9.59 Å². The molecule has 0 radical (unpaired) electrons. The molecule has 9 heteroatoms. The molecule has 1 aliphatic heterocycles. The lowest BCUT2D eigenvalue weighted by molar-refractivity contribution is -0.125. The molecule has 3 atom stereocenters. The van der Waals surface area contributed by atoms with E-state index >= 15 is 0 Å². The predicted octanol–water partition coefficient (Wildman–Crippen LogP) is 2.79. The molecular formula is C24H26ClN5O3. The minimum atomic E-state index is -0.785. The van der Waals surface area contributed by atoms with Gasteiger partial charge < -0.3 is 20.9 Å². The van der Waals surface area contributed by atoms with Gasteiger partial charge in [-0.2, -0.15) is 5.26 Å². The number of hydrogen-bond donors (Lipinski definition) is 4. The zero-order valence-electron chi connectivity index (χ0n) is 18.1. The molecule has 1 aromatic heterocycles. The van der Waals surface area contributed by atoms with Gasteiger partial charge in [-0.1, -0.05) is 36.6 Å². The maximum absolute atomic E-state index is 13.1. The molecule has 1 saturated heterocycles. The monoisotopic (exact) mass is 467 g/mol. The van der Waals surface area contributed by atoms with E-state index in [-0.39, 0.29) is 23.8 Å². The second-order valence-electron chi connectivity index (χ2n) is 9.69. The van der Waals surface area contributed by atoms with Crippen LogP contribution in [0.4, 0.5) is 0 Å². The normalized spacial score (nSPS) is 22.4. The smallest absolute Gasteiger partial charge is 0.268 e. The summed E-state index contributed by atoms with van der Waals surface area (Å²) in [6.07, 6.45) is 5.51. The lowest BCUT2D eigenvalue weighted by Crippen LogP contribution is -2.50. The van der Waals surface area contributed by atoms with E-state index in [0.29, 0.717) is 35.0 Å². The van der Waals surface area contributed by atoms with Gasteiger partial charge in [0.15, 0.2) is 0 Å². The Morgan fingerprint density at radius 3 is 2.67 bits per heavy atom. The number of para-hydroxylation sites is 1. The lowest BCUT2D eigenvalue weighted by atomic mass is 9.95. The number of nitriles is 1. The summed E-state index contributed by atoms with van der Waals surface area (Å²) in [4.78, 5) is 41.2. The second kappa shape index (κ2) is 8.38. The fourth-order valence-corrected chi connectivity index (χ4v) is 4.97. The van der Waals surface area contributed by atoms with Gasteiger partial charge in [-0.3, -0.25) is 14.4 Å². The molecule has 8 nitrogen and oxygen atoms in total. The molecule has 2 saturated carbocycles. The zero-order chi connectivity index (χ0) is 23.2. The highest BCUT2D eigenvalue weighted by Crippen LogP contribution is 2.46. The summed E-state index contributed by atoms with van der Waals surface area (Å²) >= 11 is 6.20. The van der Waals surface area contributed by atoms with Crippen LogP contribution >= 0.6 is 11.6 Å². The van der Waals surface area contributed by atoms with Gasteiger partial charge in [0.1, 0.15) is 17.8 Å². The molecule has 4 N–H and O–H groups in total. The number of fused-ring (bicyclic) bond motifs is 1. The highest BCUT2D eigenvalue weighted by Gasteiger charge is 2.52. The number of carbonyl (C=O) groups is 3. The Hall–Kier alpha value is -3.05. The fourth-order valence-electron chi connectivity index (χ4n) is 4.75. The first-order chi connectivity index (χ1) is 15.9. The Morgan fingerprint density at radius 2 is 2.03 bits per heavy atom. The van der Waals surface area contributed by atoms with E-state index in [4.69, 9.17) is 11.6 Å². The average Bonchev–Trinajstić information content (AvgIpc) is 3.68. The van der Waals surface area contributed by atoms with E-state index in [1.807, 2.05) is 6.07 Å². The quantitative estimate of drug-likeness (QED) is 0.476. The summed E-state index contributed by atoms with van der Waals surface area (Å²) in [6.45, 7) is 0. The van der Waals surface area contributed by atoms with Gasteiger partial charge in [0.25, 0.3) is 5.91 Å². The number of aromatic amines is 1. The summed E-state index contributed by atoms with van der Waals surface area (Å²) < 4.78 is 0. The van der Waals surface area contributed by atoms with E-state index in [1.54, 1.807) is 18.2 Å². The number of nitrogens with zero attached hydrogens (tertiary/aromatic N) is 1. The standard InChI is InChI=1S/C24H26ClN5O3/c25-17-3-1-2-14-10-19(28-20(14)17)23(33)29-18(8-13-4-5-13)22(32)27-16(12-26)9-15-11-24(6-7-24)30-21(15)31/h1-3,10,13,15-16,18,28H,4-9,11H2,(H,27,32)(H,29,33)(H,30,31)/t15?,16-,18-/m0/s1. The number of aromatic nitrogens is 1. The van der Waals surface area contributed by atoms with Crippen molar-refractivity contribution in [1.82, 2.24) is 20.9 Å². The zero-order valence-corrected chi connectivity index (χ0v) is 18.9. The molecule has 2 aliphatic carbocycles. The summed E-state index contributed by atoms with van der Waals surface area (Å²) in [6, 6.07) is 7.68. The number of nitrogens with one attached hydrogen (secondary N) is 4. The number of benzene rings is 1. The Kier molecular flexibility index (Phi) is 5.53. The molecule has 1 spiro atoms. The van der Waals surface area contributed by atoms with Gasteiger partial charge in [0, 0.05) is 16.8 Å². The molecule has 3 fully saturated rings. The lowest BCUT2D eigenvalue weighted by Gasteiger charge is -2.21. The van der Waals surface area contributed by atoms with Gasteiger partial charge in [-0.05, 0) is 50.2 Å². The number of carbonyl (C=O) groups excluding carboxylic acids is 3. The minimum Gasteiger partial charge on any atom is -0.350 e. The Morgan fingerprint density at radius 1 is 1.24 bits per heavy atom. The van der Waals surface area contributed by atoms with Gasteiger partial charge in [-0.15, -0.1) is 0 Å². The van der Waals surface area contributed by atoms with Crippen molar-refractivity contribution in [3.8, 4) is 6.07 Å². The number of halogens is 1. The van der Waals surface area contributed by atoms with Crippen LogP contribution in [0.3, 0.4) is 0 Å². The van der Waals surface area contributed by atoms with Crippen LogP contribution in [0.25, 0.3) is 10.9 Å². The molecule has 5 rings (SSSR count). The van der Waals surface area contributed by atoms with E-state index in [2.05, 4.69) is 27.0 Å². The van der Waals surface area contributed by atoms with Crippen molar-refractivity contribution in [2.24, 2.45) is 11.8 Å². The topological polar surface area (TPSA) is 127 Å². The predicted molar refractivity (Wildman–Crippen MR) is 122 cm³/mol. The van der Waals surface area contributed by atoms with Crippen molar-refractivity contribution in [2.75, 3.05) is 0 Å². The highest BCUT2D eigenvalue weighted by atomic mass is 35.5. The van der Waals surface area contributed by atoms with E-state index in [9.17, 15) is 19.6 Å². The van der Waals surface area contributed by atoms with Crippen LogP contribution in [0.15, 0.2) is 24.3 Å². The van der Waals surface area contributed by atoms with Gasteiger partial charge >= 0.3 is 0 Å². The number of H-pyrrole nitrogens is 1. The van der Waals surface area contributed by atoms with Crippen LogP contribution in [0.2, 0.25) is 5.02 Å². The van der Waals surface area contributed by atoms with Crippen molar-refractivity contribution in [1.29, 1.82) is 5.26 Å². The Labute approximate surface area is 196 Å². The van der Waals surface area contributed by atoms with Crippen LogP contribution < -0.4 is 16.0 Å². The van der Waals surface area contributed by atoms with Crippen molar-refractivity contribution in [3.63, 3.8) is 0 Å². The summed E-state index contributed by atoms with van der Waals surface area (Å²) in [7, 11) is 0. The third kappa shape index (κ3) is 4.69. The molecule has 2 aromatic rings. The van der Waals surface area contributed by atoms with E-state index in [0.717, 1.165) is 31.1 Å². The molecule has 3 aliphatic rings. The average molecular weight is 468 g/mol. The van der Waals surface area contributed by atoms with Crippen LogP contribution in [-0.4, -0.2) is 40.3 Å². The maximum atomic E-state index is 13.1. The third-order valence-electron chi connectivity index (χ3n) is 6.98. The summed E-state index contributed by atoms with van der Waals surface area (Å²) in [5.41, 5.74) is 0.915. The minimum absolute atomic E-state index is 0.0395. The third-order valence-corrected chi connectivity index (χ3v) is 7.30. The Bertz CT molecular complexity index is 1160. The van der Waals surface area contributed by atoms with Crippen LogP contribution in [0.1, 0.15) is 55.4 Å². The molecule has 0 bridgehead atoms. The van der Waals surface area contributed by atoms with Gasteiger partial charge in [-0.25, -0.2) is 0 Å². The van der Waals surface area contributed by atoms with Crippen molar-refractivity contribution < 1.29 is 14.4 Å². The van der Waals surface area contributed by atoms with E-state index in [1.165, 1.54) is 0 Å². The highest BCUT2D eigenvalue weighted by molar-refractivity contribution is 6.35. The maximum Gasteiger partial charge on any atom is 0.268 e. The molecule has 3 amide bonds. The number of amides is 3. The van der Waals surface area contributed by atoms with Gasteiger partial charge in [0.2, 0.25) is 11.8 Å². The largest absolute Gasteiger partial charge is 0.350 e. The fraction of sp³-hybridized carbons (Fsp3) is 0.500. The summed E-state index contributed by atoms with van der Waals surface area (Å²) in [5, 5.41) is 19.5. The van der Waals surface area contributed by atoms with Crippen LogP contribution in [0.5, 0.6) is 0 Å². The second-order valence-corrected chi connectivity index (χ2v) is 10.1. The van der Waals surface area contributed by atoms with Crippen molar-refractivity contribution in [2.45, 2.75) is 62.6 Å². The van der Waals surface area contributed by atoms with Crippen molar-refractivity contribution in [3.05, 3.63) is 35.0 Å². The van der Waals surface area contributed by atoms with E-state index < -0.39 is 23.9 Å². The molecule has 1 aromatic carbocycles. The molecule has 172 valence electrons. The van der Waals surface area contributed by atoms with Gasteiger partial charge in [0.05, 0.1) is 16.6 Å². The SMILES string of the molecule is N#C[C@H](CC1CC2(CC2)NC1=O)NC(=O)[C@H](CC1CC1)NC(=O)c1cc2cccc(Cl)c2[nH]1. The summed E-state index contributed by atoms with van der Waals surface area (Å²) in [5.74, 6) is -0.723. The van der Waals surface area contributed by atoms with Crippen LogP contribution in [0, 0.1) is 23.2 Å². The molecular weight excluding hydrogens is 442 g/mol. The first-order valence-electron chi connectivity index (χ1n) is 11.5. The first-order valence-corrected chi connectivity index (χ1v) is 11.8.